The summed E-state index contributed by atoms with van der Waals surface area (Å²) in [4.78, 5) is 15.0. The maximum absolute atomic E-state index is 13.2. The second-order valence-electron chi connectivity index (χ2n) is 7.45. The Balaban J connectivity index is 1.43. The lowest BCUT2D eigenvalue weighted by Gasteiger charge is -2.34. The Kier molecular flexibility index (Phi) is 6.62. The number of hydrogen-bond donors (Lipinski definition) is 1. The van der Waals surface area contributed by atoms with Gasteiger partial charge in [-0.1, -0.05) is 60.7 Å². The Bertz CT molecular complexity index is 928. The molecule has 1 atom stereocenters. The molecule has 0 saturated carbocycles. The van der Waals surface area contributed by atoms with Gasteiger partial charge in [0.2, 0.25) is 11.8 Å². The van der Waals surface area contributed by atoms with E-state index in [0.29, 0.717) is 24.8 Å². The van der Waals surface area contributed by atoms with Crippen LogP contribution in [-0.4, -0.2) is 47.4 Å². The lowest BCUT2D eigenvalue weighted by atomic mass is 9.99. The Morgan fingerprint density at radius 2 is 1.58 bits per heavy atom. The number of carbonyl (C=O) groups is 1. The minimum atomic E-state index is -0.219. The molecule has 3 aromatic rings. The van der Waals surface area contributed by atoms with E-state index < -0.39 is 0 Å². The lowest BCUT2D eigenvalue weighted by Crippen LogP contribution is -2.49. The molecule has 31 heavy (non-hydrogen) atoms. The summed E-state index contributed by atoms with van der Waals surface area (Å²) < 4.78 is 11.0. The largest absolute Gasteiger partial charge is 0.480 e. The summed E-state index contributed by atoms with van der Waals surface area (Å²) in [7, 11) is 1.54. The van der Waals surface area contributed by atoms with E-state index in [9.17, 15) is 4.79 Å². The van der Waals surface area contributed by atoms with E-state index in [1.54, 1.807) is 19.2 Å². The fraction of sp³-hybridized carbons (Fsp3) is 0.292. The molecule has 160 valence electrons. The molecule has 2 heterocycles. The van der Waals surface area contributed by atoms with Crippen molar-refractivity contribution in [2.45, 2.75) is 25.0 Å². The molecule has 1 fully saturated rings. The average Bonchev–Trinajstić information content (AvgIpc) is 2.84. The molecular weight excluding hydrogens is 392 g/mol. The van der Waals surface area contributed by atoms with Crippen molar-refractivity contribution in [2.24, 2.45) is 0 Å². The molecule has 7 nitrogen and oxygen atoms in total. The predicted molar refractivity (Wildman–Crippen MR) is 117 cm³/mol. The van der Waals surface area contributed by atoms with Crippen molar-refractivity contribution in [1.82, 2.24) is 20.4 Å². The number of piperidine rings is 1. The van der Waals surface area contributed by atoms with Gasteiger partial charge < -0.3 is 19.7 Å². The summed E-state index contributed by atoms with van der Waals surface area (Å²) in [5.41, 5.74) is 2.08. The molecule has 1 aliphatic heterocycles. The van der Waals surface area contributed by atoms with Gasteiger partial charge >= 0.3 is 6.03 Å². The van der Waals surface area contributed by atoms with Crippen molar-refractivity contribution in [3.05, 3.63) is 83.9 Å². The highest BCUT2D eigenvalue weighted by molar-refractivity contribution is 5.75. The molecule has 1 N–H and O–H groups in total. The zero-order valence-corrected chi connectivity index (χ0v) is 17.5. The number of nitrogens with one attached hydrogen (secondary N) is 1. The van der Waals surface area contributed by atoms with E-state index in [0.717, 1.165) is 24.0 Å². The van der Waals surface area contributed by atoms with Crippen LogP contribution in [0.15, 0.2) is 72.8 Å². The molecule has 0 aliphatic carbocycles. The van der Waals surface area contributed by atoms with Gasteiger partial charge in [0.15, 0.2) is 0 Å². The third-order valence-electron chi connectivity index (χ3n) is 5.31. The van der Waals surface area contributed by atoms with Crippen LogP contribution in [0.25, 0.3) is 0 Å². The Morgan fingerprint density at radius 3 is 2.16 bits per heavy atom. The molecule has 1 saturated heterocycles. The van der Waals surface area contributed by atoms with E-state index in [1.807, 2.05) is 65.6 Å². The Labute approximate surface area is 182 Å². The molecule has 1 unspecified atom stereocenters. The van der Waals surface area contributed by atoms with Gasteiger partial charge in [0.1, 0.15) is 6.10 Å². The zero-order valence-electron chi connectivity index (χ0n) is 17.5. The van der Waals surface area contributed by atoms with Gasteiger partial charge in [-0.05, 0) is 24.0 Å². The smallest absolute Gasteiger partial charge is 0.318 e. The number of methoxy groups -OCH3 is 1. The summed E-state index contributed by atoms with van der Waals surface area (Å²) in [5, 5.41) is 11.2. The highest BCUT2D eigenvalue weighted by Gasteiger charge is 2.27. The third kappa shape index (κ3) is 5.31. The summed E-state index contributed by atoms with van der Waals surface area (Å²) in [6, 6.07) is 23.1. The zero-order chi connectivity index (χ0) is 21.5. The number of amides is 2. The summed E-state index contributed by atoms with van der Waals surface area (Å²) in [6.45, 7) is 1.19. The first-order valence-corrected chi connectivity index (χ1v) is 10.4. The maximum atomic E-state index is 13.2. The maximum Gasteiger partial charge on any atom is 0.318 e. The SMILES string of the molecule is COc1ccc(OC2CCCN(C(=O)NC(c3ccccc3)c3ccccc3)C2)nn1. The first kappa shape index (κ1) is 20.7. The fourth-order valence-corrected chi connectivity index (χ4v) is 3.73. The second kappa shape index (κ2) is 9.93. The third-order valence-corrected chi connectivity index (χ3v) is 5.31. The highest BCUT2D eigenvalue weighted by Crippen LogP contribution is 2.23. The quantitative estimate of drug-likeness (QED) is 0.658. The van der Waals surface area contributed by atoms with Gasteiger partial charge in [-0.15, -0.1) is 10.2 Å². The first-order valence-electron chi connectivity index (χ1n) is 10.4. The highest BCUT2D eigenvalue weighted by atomic mass is 16.5. The minimum Gasteiger partial charge on any atom is -0.480 e. The van der Waals surface area contributed by atoms with Crippen LogP contribution in [-0.2, 0) is 0 Å². The van der Waals surface area contributed by atoms with Crippen LogP contribution >= 0.6 is 0 Å². The van der Waals surface area contributed by atoms with Crippen LogP contribution in [0.4, 0.5) is 4.79 Å². The minimum absolute atomic E-state index is 0.105. The number of nitrogens with zero attached hydrogens (tertiary/aromatic N) is 3. The molecule has 4 rings (SSSR count). The Morgan fingerprint density at radius 1 is 0.968 bits per heavy atom. The van der Waals surface area contributed by atoms with Crippen LogP contribution in [0.5, 0.6) is 11.8 Å². The molecule has 1 aromatic heterocycles. The van der Waals surface area contributed by atoms with Crippen LogP contribution < -0.4 is 14.8 Å². The van der Waals surface area contributed by atoms with Gasteiger partial charge in [0.25, 0.3) is 0 Å². The van der Waals surface area contributed by atoms with Crippen LogP contribution in [0, 0.1) is 0 Å². The second-order valence-corrected chi connectivity index (χ2v) is 7.45. The summed E-state index contributed by atoms with van der Waals surface area (Å²) >= 11 is 0. The predicted octanol–water partition coefficient (Wildman–Crippen LogP) is 3.83. The number of aromatic nitrogens is 2. The van der Waals surface area contributed by atoms with Crippen LogP contribution in [0.2, 0.25) is 0 Å². The first-order chi connectivity index (χ1) is 15.2. The lowest BCUT2D eigenvalue weighted by molar-refractivity contribution is 0.0961. The van der Waals surface area contributed by atoms with E-state index in [-0.39, 0.29) is 18.2 Å². The monoisotopic (exact) mass is 418 g/mol. The van der Waals surface area contributed by atoms with Crippen molar-refractivity contribution < 1.29 is 14.3 Å². The molecule has 0 bridgehead atoms. The molecule has 2 aromatic carbocycles. The number of hydrogen-bond acceptors (Lipinski definition) is 5. The van der Waals surface area contributed by atoms with Crippen molar-refractivity contribution in [3.8, 4) is 11.8 Å². The van der Waals surface area contributed by atoms with Crippen molar-refractivity contribution in [2.75, 3.05) is 20.2 Å². The fourth-order valence-electron chi connectivity index (χ4n) is 3.73. The molecule has 2 amide bonds. The molecule has 0 radical (unpaired) electrons. The summed E-state index contributed by atoms with van der Waals surface area (Å²) in [5.74, 6) is 0.865. The standard InChI is InChI=1S/C24H26N4O3/c1-30-21-14-15-22(27-26-21)31-20-13-8-16-28(17-20)24(29)25-23(18-9-4-2-5-10-18)19-11-6-3-7-12-19/h2-7,9-12,14-15,20,23H,8,13,16-17H2,1H3,(H,25,29). The van der Waals surface area contributed by atoms with E-state index in [4.69, 9.17) is 9.47 Å². The van der Waals surface area contributed by atoms with Crippen molar-refractivity contribution in [1.29, 1.82) is 0 Å². The summed E-state index contributed by atoms with van der Waals surface area (Å²) in [6.07, 6.45) is 1.59. The van der Waals surface area contributed by atoms with Gasteiger partial charge in [0, 0.05) is 18.7 Å². The molecule has 0 spiro atoms. The van der Waals surface area contributed by atoms with E-state index in [2.05, 4.69) is 15.5 Å². The molecular formula is C24H26N4O3. The Hall–Kier alpha value is -3.61. The topological polar surface area (TPSA) is 76.6 Å². The number of rotatable bonds is 6. The number of likely N-dealkylation sites (tertiary alicyclic amines) is 1. The average molecular weight is 418 g/mol. The van der Waals surface area contributed by atoms with Crippen molar-refractivity contribution >= 4 is 6.03 Å². The normalized spacial score (nSPS) is 16.1. The number of ether oxygens (including phenoxy) is 2. The van der Waals surface area contributed by atoms with Gasteiger partial charge in [-0.25, -0.2) is 4.79 Å². The van der Waals surface area contributed by atoms with Gasteiger partial charge in [-0.3, -0.25) is 0 Å². The van der Waals surface area contributed by atoms with Crippen LogP contribution in [0.1, 0.15) is 30.0 Å². The van der Waals surface area contributed by atoms with Gasteiger partial charge in [0.05, 0.1) is 19.7 Å². The van der Waals surface area contributed by atoms with Gasteiger partial charge in [-0.2, -0.15) is 0 Å². The number of urea groups is 1. The number of benzene rings is 2. The van der Waals surface area contributed by atoms with E-state index in [1.165, 1.54) is 0 Å². The molecule has 7 heteroatoms. The van der Waals surface area contributed by atoms with Crippen molar-refractivity contribution in [3.63, 3.8) is 0 Å². The van der Waals surface area contributed by atoms with Crippen LogP contribution in [0.3, 0.4) is 0 Å². The number of carbonyl (C=O) groups excluding carboxylic acids is 1. The van der Waals surface area contributed by atoms with E-state index >= 15 is 0 Å². The molecule has 1 aliphatic rings.